The molecule has 5 fully saturated rings. The van der Waals surface area contributed by atoms with Gasteiger partial charge in [-0.25, -0.2) is 0 Å². The Labute approximate surface area is 229 Å². The van der Waals surface area contributed by atoms with Gasteiger partial charge < -0.3 is 20.9 Å². The Morgan fingerprint density at radius 1 is 1.10 bits per heavy atom. The molecule has 2 aliphatic heterocycles. The smallest absolute Gasteiger partial charge is 0.309 e. The molecule has 4 amide bonds. The van der Waals surface area contributed by atoms with Crippen LogP contribution in [-0.4, -0.2) is 52.7 Å². The molecule has 6 aliphatic rings. The summed E-state index contributed by atoms with van der Waals surface area (Å²) in [4.78, 5) is 54.8. The van der Waals surface area contributed by atoms with E-state index in [-0.39, 0.29) is 36.2 Å². The second kappa shape index (κ2) is 8.80. The van der Waals surface area contributed by atoms with E-state index in [9.17, 15) is 24.4 Å². The van der Waals surface area contributed by atoms with Crippen molar-refractivity contribution in [3.8, 4) is 6.07 Å². The fourth-order valence-corrected chi connectivity index (χ4v) is 8.48. The van der Waals surface area contributed by atoms with E-state index in [0.29, 0.717) is 23.4 Å². The summed E-state index contributed by atoms with van der Waals surface area (Å²) >= 11 is 0. The van der Waals surface area contributed by atoms with Crippen LogP contribution in [0.15, 0.2) is 24.3 Å². The molecule has 1 aromatic rings. The molecule has 39 heavy (non-hydrogen) atoms. The maximum absolute atomic E-state index is 14.0. The van der Waals surface area contributed by atoms with Gasteiger partial charge in [0.25, 0.3) is 0 Å². The van der Waals surface area contributed by atoms with Gasteiger partial charge in [0.05, 0.1) is 11.5 Å². The summed E-state index contributed by atoms with van der Waals surface area (Å²) < 4.78 is 0. The second-order valence-electron chi connectivity index (χ2n) is 13.9. The zero-order chi connectivity index (χ0) is 27.7. The molecule has 1 spiro atoms. The number of likely N-dealkylation sites (tertiary alicyclic amines) is 1. The molecule has 4 aliphatic carbocycles. The molecule has 3 N–H and O–H groups in total. The molecule has 1 aromatic carbocycles. The third kappa shape index (κ3) is 4.29. The molecule has 9 heteroatoms. The zero-order valence-electron chi connectivity index (χ0n) is 22.9. The number of amides is 4. The van der Waals surface area contributed by atoms with E-state index in [1.165, 1.54) is 17.7 Å². The largest absolute Gasteiger partial charge is 0.342 e. The molecule has 2 heterocycles. The van der Waals surface area contributed by atoms with E-state index >= 15 is 0 Å². The lowest BCUT2D eigenvalue weighted by Crippen LogP contribution is -2.58. The fourth-order valence-electron chi connectivity index (χ4n) is 8.48. The SMILES string of the molecule is CC(C)(C)C[C@H](NC(=O)C(=O)NC12CC3CC(C1)C(C3)C2)C(=O)N1C[C@]2(C[C@H]1C#N)C(=O)Nc1ccccc12. The Morgan fingerprint density at radius 2 is 1.79 bits per heavy atom. The Bertz CT molecular complexity index is 1280. The van der Waals surface area contributed by atoms with Gasteiger partial charge in [0.2, 0.25) is 11.8 Å². The van der Waals surface area contributed by atoms with Gasteiger partial charge in [0.1, 0.15) is 12.1 Å². The predicted octanol–water partition coefficient (Wildman–Crippen LogP) is 2.62. The maximum atomic E-state index is 14.0. The third-order valence-electron chi connectivity index (χ3n) is 9.84. The standard InChI is InChI=1S/C30H37N5O4/c1-28(2,3)14-23(32-24(36)25(37)34-29-10-17-8-18(11-29)19(9-17)12-29)26(38)35-16-30(13-20(35)15-31)21-6-4-5-7-22(21)33-27(30)39/h4-7,17-20,23H,8-14,16H2,1-3H3,(H,32,36)(H,33,39)(H,34,37)/t17?,18?,19?,20-,23-,29?,30-/m0/s1. The first kappa shape index (κ1) is 25.8. The highest BCUT2D eigenvalue weighted by Crippen LogP contribution is 2.59. The molecule has 5 atom stereocenters. The normalized spacial score (nSPS) is 34.5. The van der Waals surface area contributed by atoms with Crippen LogP contribution in [0.1, 0.15) is 71.3 Å². The Balaban J connectivity index is 1.20. The lowest BCUT2D eigenvalue weighted by Gasteiger charge is -2.39. The molecule has 0 radical (unpaired) electrons. The molecule has 0 aromatic heterocycles. The highest BCUT2D eigenvalue weighted by atomic mass is 16.2. The van der Waals surface area contributed by atoms with Crippen LogP contribution in [0.25, 0.3) is 0 Å². The lowest BCUT2D eigenvalue weighted by molar-refractivity contribution is -0.144. The van der Waals surface area contributed by atoms with E-state index in [2.05, 4.69) is 22.0 Å². The number of nitrogens with zero attached hydrogens (tertiary/aromatic N) is 2. The van der Waals surface area contributed by atoms with Crippen LogP contribution in [0, 0.1) is 34.5 Å². The third-order valence-corrected chi connectivity index (χ3v) is 9.84. The van der Waals surface area contributed by atoms with Gasteiger partial charge in [-0.15, -0.1) is 0 Å². The van der Waals surface area contributed by atoms with Crippen LogP contribution in [0.4, 0.5) is 5.69 Å². The Hall–Kier alpha value is -3.41. The highest BCUT2D eigenvalue weighted by Gasteiger charge is 2.58. The van der Waals surface area contributed by atoms with Crippen LogP contribution in [0.5, 0.6) is 0 Å². The predicted molar refractivity (Wildman–Crippen MR) is 143 cm³/mol. The first-order chi connectivity index (χ1) is 18.4. The summed E-state index contributed by atoms with van der Waals surface area (Å²) in [6, 6.07) is 7.73. The molecule has 4 bridgehead atoms. The average molecular weight is 532 g/mol. The summed E-state index contributed by atoms with van der Waals surface area (Å²) in [6.07, 6.45) is 5.72. The van der Waals surface area contributed by atoms with Gasteiger partial charge in [-0.2, -0.15) is 5.26 Å². The molecular weight excluding hydrogens is 494 g/mol. The van der Waals surface area contributed by atoms with E-state index in [4.69, 9.17) is 0 Å². The molecule has 206 valence electrons. The monoisotopic (exact) mass is 531 g/mol. The van der Waals surface area contributed by atoms with Gasteiger partial charge in [-0.05, 0) is 73.3 Å². The summed E-state index contributed by atoms with van der Waals surface area (Å²) in [6.45, 7) is 5.92. The van der Waals surface area contributed by atoms with Crippen LogP contribution >= 0.6 is 0 Å². The fraction of sp³-hybridized carbons (Fsp3) is 0.633. The van der Waals surface area contributed by atoms with E-state index in [1.54, 1.807) is 0 Å². The number of carbonyl (C=O) groups is 4. The summed E-state index contributed by atoms with van der Waals surface area (Å²) in [5.41, 5.74) is -0.187. The second-order valence-corrected chi connectivity index (χ2v) is 13.9. The van der Waals surface area contributed by atoms with Crippen LogP contribution in [0.2, 0.25) is 0 Å². The minimum atomic E-state index is -1.01. The molecule has 4 saturated carbocycles. The Morgan fingerprint density at radius 3 is 2.44 bits per heavy atom. The van der Waals surface area contributed by atoms with Gasteiger partial charge in [-0.1, -0.05) is 39.0 Å². The van der Waals surface area contributed by atoms with Crippen molar-refractivity contribution in [3.63, 3.8) is 0 Å². The molecule has 7 rings (SSSR count). The van der Waals surface area contributed by atoms with Crippen molar-refractivity contribution in [2.45, 2.75) is 88.8 Å². The van der Waals surface area contributed by atoms with Gasteiger partial charge in [-0.3, -0.25) is 19.2 Å². The van der Waals surface area contributed by atoms with Crippen molar-refractivity contribution in [2.75, 3.05) is 11.9 Å². The van der Waals surface area contributed by atoms with Crippen molar-refractivity contribution in [2.24, 2.45) is 23.2 Å². The van der Waals surface area contributed by atoms with Crippen molar-refractivity contribution in [3.05, 3.63) is 29.8 Å². The highest BCUT2D eigenvalue weighted by molar-refractivity contribution is 6.35. The van der Waals surface area contributed by atoms with Crippen LogP contribution in [0.3, 0.4) is 0 Å². The quantitative estimate of drug-likeness (QED) is 0.514. The number of para-hydroxylation sites is 1. The van der Waals surface area contributed by atoms with Crippen LogP contribution in [-0.2, 0) is 24.6 Å². The average Bonchev–Trinajstić information content (AvgIpc) is 3.55. The molecule has 9 nitrogen and oxygen atoms in total. The summed E-state index contributed by atoms with van der Waals surface area (Å²) in [5, 5.41) is 18.7. The number of nitriles is 1. The topological polar surface area (TPSA) is 131 Å². The number of anilines is 1. The van der Waals surface area contributed by atoms with Crippen molar-refractivity contribution >= 4 is 29.3 Å². The number of hydrogen-bond donors (Lipinski definition) is 3. The van der Waals surface area contributed by atoms with Crippen molar-refractivity contribution in [1.29, 1.82) is 5.26 Å². The first-order valence-electron chi connectivity index (χ1n) is 14.2. The van der Waals surface area contributed by atoms with Gasteiger partial charge in [0.15, 0.2) is 0 Å². The zero-order valence-corrected chi connectivity index (χ0v) is 22.9. The number of fused-ring (bicyclic) bond motifs is 2. The number of nitrogens with one attached hydrogen (secondary N) is 3. The van der Waals surface area contributed by atoms with Crippen molar-refractivity contribution < 1.29 is 19.2 Å². The van der Waals surface area contributed by atoms with Crippen molar-refractivity contribution in [1.82, 2.24) is 15.5 Å². The van der Waals surface area contributed by atoms with E-state index < -0.39 is 35.2 Å². The summed E-state index contributed by atoms with van der Waals surface area (Å²) in [7, 11) is 0. The van der Waals surface area contributed by atoms with E-state index in [0.717, 1.165) is 24.8 Å². The Kier molecular flexibility index (Phi) is 5.83. The molecular formula is C30H37N5O4. The number of carbonyl (C=O) groups excluding carboxylic acids is 4. The molecule has 1 saturated heterocycles. The number of rotatable bonds is 4. The molecule has 2 unspecified atom stereocenters. The number of benzene rings is 1. The van der Waals surface area contributed by atoms with Crippen LogP contribution < -0.4 is 16.0 Å². The van der Waals surface area contributed by atoms with E-state index in [1.807, 2.05) is 45.0 Å². The maximum Gasteiger partial charge on any atom is 0.309 e. The minimum Gasteiger partial charge on any atom is -0.342 e. The van der Waals surface area contributed by atoms with Gasteiger partial charge >= 0.3 is 11.8 Å². The van der Waals surface area contributed by atoms with Gasteiger partial charge in [0, 0.05) is 24.2 Å². The lowest BCUT2D eigenvalue weighted by atomic mass is 9.76. The first-order valence-corrected chi connectivity index (χ1v) is 14.2. The summed E-state index contributed by atoms with van der Waals surface area (Å²) in [5.74, 6) is -0.261. The number of hydrogen-bond acceptors (Lipinski definition) is 5. The minimum absolute atomic E-state index is 0.0445.